The Kier molecular flexibility index (Phi) is 6.73. The van der Waals surface area contributed by atoms with Crippen LogP contribution in [0.5, 0.6) is 0 Å². The molecule has 0 aliphatic carbocycles. The van der Waals surface area contributed by atoms with Gasteiger partial charge in [0.15, 0.2) is 5.11 Å². The Hall–Kier alpha value is -1.73. The largest absolute Gasteiger partial charge is 0.331 e. The van der Waals surface area contributed by atoms with Gasteiger partial charge in [-0.05, 0) is 54.2 Å². The zero-order valence-electron chi connectivity index (χ0n) is 11.7. The number of hydrogen-bond acceptors (Lipinski definition) is 2. The molecular formula is C15H12Cl2FN3OS. The lowest BCUT2D eigenvalue weighted by Gasteiger charge is -2.06. The number of hydrogen-bond donors (Lipinski definition) is 2. The van der Waals surface area contributed by atoms with Crippen molar-refractivity contribution in [3.63, 3.8) is 0 Å². The van der Waals surface area contributed by atoms with E-state index in [1.165, 1.54) is 18.5 Å². The first-order chi connectivity index (χ1) is 11.0. The molecule has 2 aromatic carbocycles. The summed E-state index contributed by atoms with van der Waals surface area (Å²) in [5, 5.41) is 4.11. The van der Waals surface area contributed by atoms with Crippen molar-refractivity contribution in [1.29, 1.82) is 0 Å². The zero-order valence-corrected chi connectivity index (χ0v) is 14.1. The fraction of sp³-hybridized carbons (Fsp3) is 0.0667. The first-order valence-electron chi connectivity index (χ1n) is 6.45. The van der Waals surface area contributed by atoms with Gasteiger partial charge >= 0.3 is 0 Å². The van der Waals surface area contributed by atoms with Crippen LogP contribution < -0.4 is 10.8 Å². The molecule has 2 rings (SSSR count). The molecule has 2 aromatic rings. The highest BCUT2D eigenvalue weighted by molar-refractivity contribution is 7.80. The zero-order chi connectivity index (χ0) is 16.7. The number of thiocarbonyl (C=S) groups is 1. The molecule has 0 unspecified atom stereocenters. The summed E-state index contributed by atoms with van der Waals surface area (Å²) in [5.41, 5.74) is 3.95. The lowest BCUT2D eigenvalue weighted by molar-refractivity contribution is 0.0747. The molecule has 0 saturated carbocycles. The van der Waals surface area contributed by atoms with E-state index < -0.39 is 0 Å². The first kappa shape index (κ1) is 17.6. The third kappa shape index (κ3) is 6.11. The number of halogens is 3. The summed E-state index contributed by atoms with van der Waals surface area (Å²) >= 11 is 16.8. The van der Waals surface area contributed by atoms with Crippen molar-refractivity contribution in [2.45, 2.75) is 6.61 Å². The molecular weight excluding hydrogens is 360 g/mol. The molecule has 120 valence electrons. The fourth-order valence-corrected chi connectivity index (χ4v) is 2.20. The van der Waals surface area contributed by atoms with Crippen LogP contribution in [0.2, 0.25) is 10.0 Å². The van der Waals surface area contributed by atoms with Crippen LogP contribution in [0.4, 0.5) is 10.1 Å². The second kappa shape index (κ2) is 8.79. The molecule has 0 amide bonds. The van der Waals surface area contributed by atoms with Crippen LogP contribution in [0.25, 0.3) is 0 Å². The van der Waals surface area contributed by atoms with Crippen LogP contribution >= 0.6 is 35.4 Å². The normalized spacial score (nSPS) is 10.7. The maximum absolute atomic E-state index is 12.8. The van der Waals surface area contributed by atoms with Gasteiger partial charge in [0, 0.05) is 15.7 Å². The van der Waals surface area contributed by atoms with E-state index in [0.717, 1.165) is 5.56 Å². The minimum absolute atomic E-state index is 0.206. The lowest BCUT2D eigenvalue weighted by atomic mass is 10.2. The molecule has 0 aliphatic rings. The molecule has 0 spiro atoms. The minimum Gasteiger partial charge on any atom is -0.331 e. The lowest BCUT2D eigenvalue weighted by Crippen LogP contribution is -2.15. The number of nitrogens with one attached hydrogen (secondary N) is 2. The molecule has 0 aliphatic heterocycles. The summed E-state index contributed by atoms with van der Waals surface area (Å²) in [5.74, 6) is -0.319. The third-order valence-corrected chi connectivity index (χ3v) is 3.45. The van der Waals surface area contributed by atoms with Crippen molar-refractivity contribution >= 4 is 52.6 Å². The van der Waals surface area contributed by atoms with Crippen molar-refractivity contribution in [3.05, 3.63) is 63.9 Å². The second-order valence-electron chi connectivity index (χ2n) is 4.34. The smallest absolute Gasteiger partial charge is 0.198 e. The Morgan fingerprint density at radius 3 is 2.65 bits per heavy atom. The molecule has 0 fully saturated rings. The molecule has 23 heavy (non-hydrogen) atoms. The van der Waals surface area contributed by atoms with Crippen molar-refractivity contribution in [3.8, 4) is 0 Å². The van der Waals surface area contributed by atoms with E-state index in [9.17, 15) is 4.39 Å². The summed E-state index contributed by atoms with van der Waals surface area (Å²) < 4.78 is 12.8. The quantitative estimate of drug-likeness (QED) is 0.265. The highest BCUT2D eigenvalue weighted by Crippen LogP contribution is 2.21. The molecule has 4 nitrogen and oxygen atoms in total. The Labute approximate surface area is 148 Å². The summed E-state index contributed by atoms with van der Waals surface area (Å²) in [6.45, 7) is 0.236. The summed E-state index contributed by atoms with van der Waals surface area (Å²) in [6, 6.07) is 10.9. The number of benzene rings is 2. The predicted molar refractivity (Wildman–Crippen MR) is 95.5 cm³/mol. The van der Waals surface area contributed by atoms with Gasteiger partial charge in [-0.15, -0.1) is 0 Å². The summed E-state index contributed by atoms with van der Waals surface area (Å²) in [4.78, 5) is 9.11. The number of hydroxylamine groups is 1. The molecule has 0 bridgehead atoms. The van der Waals surface area contributed by atoms with Gasteiger partial charge in [-0.25, -0.2) is 9.38 Å². The number of nitrogens with zero attached hydrogens (tertiary/aromatic N) is 1. The van der Waals surface area contributed by atoms with Crippen LogP contribution in [0.15, 0.2) is 47.5 Å². The van der Waals surface area contributed by atoms with E-state index in [0.29, 0.717) is 15.7 Å². The highest BCUT2D eigenvalue weighted by atomic mass is 35.5. The maximum atomic E-state index is 12.8. The SMILES string of the molecule is Fc1ccc(NC(=S)/N=C\NOCc2ccc(Cl)cc2Cl)cc1. The van der Waals surface area contributed by atoms with Gasteiger partial charge in [-0.1, -0.05) is 29.3 Å². The van der Waals surface area contributed by atoms with Gasteiger partial charge in [0.1, 0.15) is 18.8 Å². The van der Waals surface area contributed by atoms with E-state index >= 15 is 0 Å². The van der Waals surface area contributed by atoms with Crippen molar-refractivity contribution in [2.75, 3.05) is 5.32 Å². The highest BCUT2D eigenvalue weighted by Gasteiger charge is 2.01. The van der Waals surface area contributed by atoms with Crippen LogP contribution in [-0.4, -0.2) is 11.5 Å². The van der Waals surface area contributed by atoms with E-state index in [-0.39, 0.29) is 17.5 Å². The van der Waals surface area contributed by atoms with Crippen LogP contribution in [-0.2, 0) is 11.4 Å². The molecule has 0 radical (unpaired) electrons. The number of anilines is 1. The molecule has 2 N–H and O–H groups in total. The van der Waals surface area contributed by atoms with E-state index in [2.05, 4.69) is 15.8 Å². The second-order valence-corrected chi connectivity index (χ2v) is 5.57. The standard InChI is InChI=1S/C15H12Cl2FN3OS/c16-11-2-1-10(14(17)7-11)8-22-20-9-19-15(23)21-13-5-3-12(18)4-6-13/h1-7,9H,8H2,(H2,19,20,21,23). The summed E-state index contributed by atoms with van der Waals surface area (Å²) in [6.07, 6.45) is 1.29. The van der Waals surface area contributed by atoms with Crippen molar-refractivity contribution < 1.29 is 9.23 Å². The Morgan fingerprint density at radius 1 is 1.22 bits per heavy atom. The van der Waals surface area contributed by atoms with Crippen molar-refractivity contribution in [1.82, 2.24) is 5.48 Å². The Balaban J connectivity index is 1.73. The Bertz CT molecular complexity index is 710. The average molecular weight is 372 g/mol. The van der Waals surface area contributed by atoms with E-state index in [1.54, 1.807) is 30.3 Å². The van der Waals surface area contributed by atoms with Gasteiger partial charge in [-0.2, -0.15) is 0 Å². The number of rotatable bonds is 5. The topological polar surface area (TPSA) is 45.7 Å². The monoisotopic (exact) mass is 371 g/mol. The molecule has 0 heterocycles. The van der Waals surface area contributed by atoms with Gasteiger partial charge in [0.05, 0.1) is 0 Å². The van der Waals surface area contributed by atoms with Crippen molar-refractivity contribution in [2.24, 2.45) is 4.99 Å². The number of aliphatic imine (C=N–C) groups is 1. The van der Waals surface area contributed by atoms with Gasteiger partial charge in [-0.3, -0.25) is 10.3 Å². The molecule has 0 aromatic heterocycles. The van der Waals surface area contributed by atoms with E-state index in [4.69, 9.17) is 40.3 Å². The minimum atomic E-state index is -0.319. The first-order valence-corrected chi connectivity index (χ1v) is 7.61. The molecule has 8 heteroatoms. The van der Waals surface area contributed by atoms with E-state index in [1.807, 2.05) is 0 Å². The van der Waals surface area contributed by atoms with Crippen LogP contribution in [0.3, 0.4) is 0 Å². The molecule has 0 saturated heterocycles. The Morgan fingerprint density at radius 2 is 1.96 bits per heavy atom. The van der Waals surface area contributed by atoms with Crippen LogP contribution in [0.1, 0.15) is 5.56 Å². The van der Waals surface area contributed by atoms with Gasteiger partial charge in [0.2, 0.25) is 0 Å². The maximum Gasteiger partial charge on any atom is 0.198 e. The summed E-state index contributed by atoms with van der Waals surface area (Å²) in [7, 11) is 0. The third-order valence-electron chi connectivity index (χ3n) is 2.66. The van der Waals surface area contributed by atoms with Gasteiger partial charge in [0.25, 0.3) is 0 Å². The van der Waals surface area contributed by atoms with Gasteiger partial charge < -0.3 is 5.32 Å². The predicted octanol–water partition coefficient (Wildman–Crippen LogP) is 4.58. The van der Waals surface area contributed by atoms with Crippen LogP contribution in [0, 0.1) is 5.82 Å². The molecule has 0 atom stereocenters. The fourth-order valence-electron chi connectivity index (χ4n) is 1.57. The average Bonchev–Trinajstić information content (AvgIpc) is 2.51.